The van der Waals surface area contributed by atoms with Gasteiger partial charge < -0.3 is 64.5 Å². The molecule has 6 amide bonds. The highest BCUT2D eigenvalue weighted by Crippen LogP contribution is 2.20. The van der Waals surface area contributed by atoms with Gasteiger partial charge >= 0.3 is 5.97 Å². The van der Waals surface area contributed by atoms with Crippen molar-refractivity contribution in [2.24, 2.45) is 32.9 Å². The predicted molar refractivity (Wildman–Crippen MR) is 184 cm³/mol. The quantitative estimate of drug-likeness (QED) is 0.0340. The third kappa shape index (κ3) is 13.1. The predicted octanol–water partition coefficient (Wildman–Crippen LogP) is -5.02. The Morgan fingerprint density at radius 2 is 1.60 bits per heavy atom. The average molecular weight is 733 g/mol. The van der Waals surface area contributed by atoms with Gasteiger partial charge in [-0.3, -0.25) is 38.8 Å². The van der Waals surface area contributed by atoms with Crippen LogP contribution < -0.4 is 49.5 Å². The van der Waals surface area contributed by atoms with E-state index in [9.17, 15) is 38.7 Å². The van der Waals surface area contributed by atoms with Crippen LogP contribution in [0.4, 0.5) is 0 Å². The van der Waals surface area contributed by atoms with Crippen LogP contribution in [0.25, 0.3) is 0 Å². The van der Waals surface area contributed by atoms with Gasteiger partial charge in [0.25, 0.3) is 0 Å². The molecule has 1 aromatic rings. The van der Waals surface area contributed by atoms with E-state index < -0.39 is 72.3 Å². The van der Waals surface area contributed by atoms with Gasteiger partial charge in [-0.05, 0) is 44.9 Å². The minimum Gasteiger partial charge on any atom is -0.480 e. The van der Waals surface area contributed by atoms with Gasteiger partial charge in [-0.2, -0.15) is 0 Å². The molecular weight excluding hydrogens is 684 g/mol. The Labute approximate surface area is 298 Å². The number of carboxylic acid groups (broad SMARTS) is 1. The number of aromatic nitrogens is 2. The summed E-state index contributed by atoms with van der Waals surface area (Å²) < 4.78 is 0. The van der Waals surface area contributed by atoms with Crippen molar-refractivity contribution in [2.75, 3.05) is 26.2 Å². The maximum Gasteiger partial charge on any atom is 0.326 e. The van der Waals surface area contributed by atoms with Gasteiger partial charge in [0.1, 0.15) is 30.2 Å². The van der Waals surface area contributed by atoms with Crippen LogP contribution in [0.1, 0.15) is 57.1 Å². The summed E-state index contributed by atoms with van der Waals surface area (Å²) in [5.74, 6) is -5.13. The molecule has 3 heterocycles. The first-order chi connectivity index (χ1) is 24.7. The Balaban J connectivity index is 1.62. The van der Waals surface area contributed by atoms with Crippen molar-refractivity contribution in [3.8, 4) is 0 Å². The Morgan fingerprint density at radius 1 is 0.923 bits per heavy atom. The van der Waals surface area contributed by atoms with Crippen LogP contribution in [0, 0.1) is 0 Å². The number of H-pyrrole nitrogens is 1. The maximum absolute atomic E-state index is 13.8. The normalized spacial score (nSPS) is 18.2. The SMILES string of the molecule is NC(N)=NCCC[C@H](NC(=O)[C@H](CCCN=C(N)N)NC(=O)CNC(=O)[C@@H]1CCCN1C(=O)[C@H](Cc1cnc[nH]1)NC(=O)[C@@H]1CCC(=O)N1)C(=O)O. The number of nitrogens with one attached hydrogen (secondary N) is 6. The van der Waals surface area contributed by atoms with E-state index in [2.05, 4.69) is 46.5 Å². The molecule has 2 aliphatic heterocycles. The van der Waals surface area contributed by atoms with Gasteiger partial charge in [0.15, 0.2) is 11.9 Å². The van der Waals surface area contributed by atoms with E-state index in [1.54, 1.807) is 0 Å². The van der Waals surface area contributed by atoms with Crippen molar-refractivity contribution in [1.82, 2.24) is 41.5 Å². The molecule has 0 aromatic carbocycles. The van der Waals surface area contributed by atoms with Gasteiger partial charge in [-0.15, -0.1) is 0 Å². The summed E-state index contributed by atoms with van der Waals surface area (Å²) in [7, 11) is 0. The Hall–Kier alpha value is -5.96. The Morgan fingerprint density at radius 3 is 2.17 bits per heavy atom. The summed E-state index contributed by atoms with van der Waals surface area (Å²) >= 11 is 0. The molecule has 52 heavy (non-hydrogen) atoms. The number of hydrogen-bond acceptors (Lipinski definition) is 10. The second kappa shape index (κ2) is 20.0. The molecule has 286 valence electrons. The fourth-order valence-electron chi connectivity index (χ4n) is 5.74. The molecule has 3 rings (SSSR count). The minimum atomic E-state index is -1.30. The lowest BCUT2D eigenvalue weighted by molar-refractivity contribution is -0.142. The number of aliphatic imine (C=N–C) groups is 2. The number of carboxylic acids is 1. The number of amides is 6. The summed E-state index contributed by atoms with van der Waals surface area (Å²) in [6, 6.07) is -5.34. The number of nitrogens with two attached hydrogens (primary N) is 4. The number of aliphatic carboxylic acids is 1. The number of nitrogens with zero attached hydrogens (tertiary/aromatic N) is 4. The van der Waals surface area contributed by atoms with Crippen LogP contribution in [-0.4, -0.2) is 130 Å². The zero-order valence-electron chi connectivity index (χ0n) is 28.6. The molecule has 22 heteroatoms. The first-order valence-electron chi connectivity index (χ1n) is 16.8. The van der Waals surface area contributed by atoms with Crippen molar-refractivity contribution in [1.29, 1.82) is 0 Å². The number of carbonyl (C=O) groups excluding carboxylic acids is 6. The van der Waals surface area contributed by atoms with E-state index in [-0.39, 0.29) is 88.8 Å². The van der Waals surface area contributed by atoms with E-state index >= 15 is 0 Å². The van der Waals surface area contributed by atoms with Crippen molar-refractivity contribution in [3.05, 3.63) is 18.2 Å². The van der Waals surface area contributed by atoms with E-state index in [1.165, 1.54) is 17.4 Å². The van der Waals surface area contributed by atoms with Crippen LogP contribution in [-0.2, 0) is 40.0 Å². The molecule has 0 aliphatic carbocycles. The fraction of sp³-hybridized carbons (Fsp3) is 0.600. The monoisotopic (exact) mass is 732 g/mol. The third-order valence-electron chi connectivity index (χ3n) is 8.32. The van der Waals surface area contributed by atoms with Crippen LogP contribution in [0.15, 0.2) is 22.5 Å². The molecule has 5 atom stereocenters. The summed E-state index contributed by atoms with van der Waals surface area (Å²) in [4.78, 5) is 105. The van der Waals surface area contributed by atoms with E-state index in [4.69, 9.17) is 22.9 Å². The molecule has 1 aromatic heterocycles. The fourth-order valence-corrected chi connectivity index (χ4v) is 5.74. The number of carbonyl (C=O) groups is 7. The second-order valence-corrected chi connectivity index (χ2v) is 12.3. The first-order valence-corrected chi connectivity index (χ1v) is 16.8. The number of aromatic amines is 1. The van der Waals surface area contributed by atoms with Gasteiger partial charge in [0, 0.05) is 44.4 Å². The lowest BCUT2D eigenvalue weighted by atomic mass is 10.1. The highest BCUT2D eigenvalue weighted by molar-refractivity contribution is 5.97. The van der Waals surface area contributed by atoms with Gasteiger partial charge in [0.05, 0.1) is 12.9 Å². The van der Waals surface area contributed by atoms with Crippen molar-refractivity contribution in [3.63, 3.8) is 0 Å². The smallest absolute Gasteiger partial charge is 0.326 e. The zero-order chi connectivity index (χ0) is 38.2. The van der Waals surface area contributed by atoms with Crippen molar-refractivity contribution >= 4 is 53.3 Å². The third-order valence-corrected chi connectivity index (χ3v) is 8.32. The molecule has 0 spiro atoms. The van der Waals surface area contributed by atoms with Gasteiger partial charge in [-0.25, -0.2) is 9.78 Å². The number of rotatable bonds is 20. The maximum atomic E-state index is 13.8. The molecule has 22 nitrogen and oxygen atoms in total. The Kier molecular flexibility index (Phi) is 15.6. The second-order valence-electron chi connectivity index (χ2n) is 12.3. The Bertz CT molecular complexity index is 1490. The number of likely N-dealkylation sites (tertiary alicyclic amines) is 1. The van der Waals surface area contributed by atoms with E-state index in [1.807, 2.05) is 0 Å². The van der Waals surface area contributed by atoms with E-state index in [0.29, 0.717) is 12.1 Å². The topological polar surface area (TPSA) is 361 Å². The lowest BCUT2D eigenvalue weighted by Crippen LogP contribution is -2.57. The number of hydrogen-bond donors (Lipinski definition) is 11. The molecule has 2 aliphatic rings. The molecule has 0 saturated carbocycles. The highest BCUT2D eigenvalue weighted by Gasteiger charge is 2.39. The zero-order valence-corrected chi connectivity index (χ0v) is 28.6. The molecule has 0 unspecified atom stereocenters. The van der Waals surface area contributed by atoms with Crippen LogP contribution in [0.3, 0.4) is 0 Å². The molecule has 15 N–H and O–H groups in total. The number of guanidine groups is 2. The first kappa shape index (κ1) is 40.5. The summed E-state index contributed by atoms with van der Waals surface area (Å²) in [5, 5.41) is 22.3. The van der Waals surface area contributed by atoms with Gasteiger partial charge in [0.2, 0.25) is 35.4 Å². The molecular formula is C30H48N14O8. The largest absolute Gasteiger partial charge is 0.480 e. The van der Waals surface area contributed by atoms with Crippen LogP contribution >= 0.6 is 0 Å². The van der Waals surface area contributed by atoms with Crippen molar-refractivity contribution in [2.45, 2.75) is 88.0 Å². The molecule has 2 saturated heterocycles. The lowest BCUT2D eigenvalue weighted by Gasteiger charge is -2.29. The molecule has 2 fully saturated rings. The van der Waals surface area contributed by atoms with Gasteiger partial charge in [-0.1, -0.05) is 0 Å². The van der Waals surface area contributed by atoms with Crippen molar-refractivity contribution < 1.29 is 38.7 Å². The highest BCUT2D eigenvalue weighted by atomic mass is 16.4. The summed E-state index contributed by atoms with van der Waals surface area (Å²) in [6.45, 7) is -0.0781. The standard InChI is InChI=1S/C30H48N14O8/c31-29(32)36-9-1-4-17(24(47)42-19(28(51)52)5-2-10-37-30(33)34)41-23(46)14-38-26(49)21-6-3-11-44(21)27(50)20(12-16-13-35-15-39-16)43-25(48)18-7-8-22(45)40-18/h13,15,17-21H,1-12,14H2,(H,35,39)(H,38,49)(H,40,45)(H,41,46)(H,42,47)(H,43,48)(H,51,52)(H4,31,32,36)(H4,33,34,37)/t17-,18-,19-,20-,21-/m0/s1. The van der Waals surface area contributed by atoms with Crippen LogP contribution in [0.2, 0.25) is 0 Å². The van der Waals surface area contributed by atoms with Crippen LogP contribution in [0.5, 0.6) is 0 Å². The number of imidazole rings is 1. The minimum absolute atomic E-state index is 0.00274. The summed E-state index contributed by atoms with van der Waals surface area (Å²) in [6.07, 6.45) is 4.74. The average Bonchev–Trinajstić information content (AvgIpc) is 3.88. The van der Waals surface area contributed by atoms with E-state index in [0.717, 1.165) is 0 Å². The molecule has 0 bridgehead atoms. The molecule has 0 radical (unpaired) electrons. The summed E-state index contributed by atoms with van der Waals surface area (Å²) in [5.41, 5.74) is 21.9.